The van der Waals surface area contributed by atoms with Crippen LogP contribution >= 0.6 is 0 Å². The quantitative estimate of drug-likeness (QED) is 0.495. The van der Waals surface area contributed by atoms with Gasteiger partial charge in [0.15, 0.2) is 0 Å². The highest BCUT2D eigenvalue weighted by molar-refractivity contribution is 5.87. The second-order valence-corrected chi connectivity index (χ2v) is 6.38. The standard InChI is InChI=1S/C22H28O4/c1-2-3-4-5-6-7-16-25-20-12-8-18(9-13-20)17-26-21-14-10-19(11-15-21)22(23)24/h8-15H,2-7,16-17H2,1H3,(H,23,24). The Hall–Kier alpha value is -2.49. The number of carbonyl (C=O) groups is 1. The van der Waals surface area contributed by atoms with Crippen molar-refractivity contribution in [1.82, 2.24) is 0 Å². The molecule has 4 heteroatoms. The molecule has 26 heavy (non-hydrogen) atoms. The molecule has 0 bridgehead atoms. The van der Waals surface area contributed by atoms with Crippen molar-refractivity contribution in [3.05, 3.63) is 59.7 Å². The summed E-state index contributed by atoms with van der Waals surface area (Å²) in [5.41, 5.74) is 1.29. The Bertz CT molecular complexity index is 647. The summed E-state index contributed by atoms with van der Waals surface area (Å²) in [6.45, 7) is 3.43. The molecule has 0 spiro atoms. The fourth-order valence-electron chi connectivity index (χ4n) is 2.61. The van der Waals surface area contributed by atoms with Crippen LogP contribution in [0.2, 0.25) is 0 Å². The average molecular weight is 356 g/mol. The lowest BCUT2D eigenvalue weighted by Crippen LogP contribution is -1.99. The van der Waals surface area contributed by atoms with Gasteiger partial charge in [-0.15, -0.1) is 0 Å². The first-order valence-corrected chi connectivity index (χ1v) is 9.37. The topological polar surface area (TPSA) is 55.8 Å². The molecule has 2 aromatic carbocycles. The molecule has 4 nitrogen and oxygen atoms in total. The molecule has 0 aromatic heterocycles. The van der Waals surface area contributed by atoms with Crippen molar-refractivity contribution in [2.45, 2.75) is 52.1 Å². The van der Waals surface area contributed by atoms with Crippen molar-refractivity contribution in [2.75, 3.05) is 6.61 Å². The molecule has 2 rings (SSSR count). The largest absolute Gasteiger partial charge is 0.494 e. The van der Waals surface area contributed by atoms with Crippen LogP contribution in [0, 0.1) is 0 Å². The van der Waals surface area contributed by atoms with Gasteiger partial charge in [0, 0.05) is 0 Å². The zero-order valence-electron chi connectivity index (χ0n) is 15.4. The zero-order chi connectivity index (χ0) is 18.6. The summed E-state index contributed by atoms with van der Waals surface area (Å²) < 4.78 is 11.4. The number of carboxylic acids is 1. The predicted molar refractivity (Wildman–Crippen MR) is 103 cm³/mol. The zero-order valence-corrected chi connectivity index (χ0v) is 15.4. The van der Waals surface area contributed by atoms with Crippen LogP contribution in [0.4, 0.5) is 0 Å². The first kappa shape index (κ1) is 19.8. The van der Waals surface area contributed by atoms with E-state index in [-0.39, 0.29) is 5.56 Å². The minimum atomic E-state index is -0.937. The molecule has 0 aliphatic carbocycles. The molecule has 0 amide bonds. The van der Waals surface area contributed by atoms with Crippen LogP contribution in [-0.2, 0) is 6.61 Å². The first-order valence-electron chi connectivity index (χ1n) is 9.37. The molecule has 2 aromatic rings. The van der Waals surface area contributed by atoms with Gasteiger partial charge in [-0.1, -0.05) is 51.2 Å². The van der Waals surface area contributed by atoms with E-state index >= 15 is 0 Å². The molecule has 1 N–H and O–H groups in total. The second-order valence-electron chi connectivity index (χ2n) is 6.38. The molecule has 0 fully saturated rings. The Kier molecular flexibility index (Phi) is 8.53. The van der Waals surface area contributed by atoms with Crippen LogP contribution in [0.3, 0.4) is 0 Å². The highest BCUT2D eigenvalue weighted by Gasteiger charge is 2.03. The van der Waals surface area contributed by atoms with Gasteiger partial charge in [0.1, 0.15) is 18.1 Å². The van der Waals surface area contributed by atoms with Gasteiger partial charge in [0.05, 0.1) is 12.2 Å². The van der Waals surface area contributed by atoms with Crippen molar-refractivity contribution >= 4 is 5.97 Å². The molecular formula is C22H28O4. The van der Waals surface area contributed by atoms with Gasteiger partial charge in [-0.05, 0) is 48.4 Å². The summed E-state index contributed by atoms with van der Waals surface area (Å²) in [6, 6.07) is 14.3. The third-order valence-electron chi connectivity index (χ3n) is 4.20. The van der Waals surface area contributed by atoms with Crippen LogP contribution in [0.5, 0.6) is 11.5 Å². The summed E-state index contributed by atoms with van der Waals surface area (Å²) in [4.78, 5) is 10.8. The molecule has 0 atom stereocenters. The summed E-state index contributed by atoms with van der Waals surface area (Å²) in [6.07, 6.45) is 7.55. The number of hydrogen-bond acceptors (Lipinski definition) is 3. The van der Waals surface area contributed by atoms with Crippen LogP contribution < -0.4 is 9.47 Å². The molecule has 0 aliphatic heterocycles. The summed E-state index contributed by atoms with van der Waals surface area (Å²) in [5.74, 6) is 0.597. The van der Waals surface area contributed by atoms with Crippen LogP contribution in [0.1, 0.15) is 61.4 Å². The molecule has 0 heterocycles. The monoisotopic (exact) mass is 356 g/mol. The van der Waals surface area contributed by atoms with Gasteiger partial charge in [-0.25, -0.2) is 4.79 Å². The van der Waals surface area contributed by atoms with E-state index in [9.17, 15) is 4.79 Å². The number of carboxylic acid groups (broad SMARTS) is 1. The molecule has 0 saturated heterocycles. The lowest BCUT2D eigenvalue weighted by atomic mass is 10.1. The Morgan fingerprint density at radius 1 is 0.808 bits per heavy atom. The van der Waals surface area contributed by atoms with E-state index < -0.39 is 5.97 Å². The molecule has 0 saturated carbocycles. The Balaban J connectivity index is 1.67. The van der Waals surface area contributed by atoms with Gasteiger partial charge in [0.2, 0.25) is 0 Å². The van der Waals surface area contributed by atoms with Crippen molar-refractivity contribution in [2.24, 2.45) is 0 Å². The van der Waals surface area contributed by atoms with E-state index in [1.807, 2.05) is 24.3 Å². The van der Waals surface area contributed by atoms with E-state index in [4.69, 9.17) is 14.6 Å². The van der Waals surface area contributed by atoms with Crippen LogP contribution in [0.25, 0.3) is 0 Å². The maximum Gasteiger partial charge on any atom is 0.335 e. The number of hydrogen-bond donors (Lipinski definition) is 1. The van der Waals surface area contributed by atoms with Crippen molar-refractivity contribution < 1.29 is 19.4 Å². The molecular weight excluding hydrogens is 328 g/mol. The van der Waals surface area contributed by atoms with Gasteiger partial charge in [0.25, 0.3) is 0 Å². The Morgan fingerprint density at radius 2 is 1.38 bits per heavy atom. The van der Waals surface area contributed by atoms with E-state index in [0.29, 0.717) is 12.4 Å². The van der Waals surface area contributed by atoms with Crippen LogP contribution in [0.15, 0.2) is 48.5 Å². The summed E-state index contributed by atoms with van der Waals surface area (Å²) in [5, 5.41) is 8.88. The van der Waals surface area contributed by atoms with E-state index in [1.165, 1.54) is 44.2 Å². The summed E-state index contributed by atoms with van der Waals surface area (Å²) >= 11 is 0. The fraction of sp³-hybridized carbons (Fsp3) is 0.409. The van der Waals surface area contributed by atoms with E-state index in [0.717, 1.165) is 24.3 Å². The van der Waals surface area contributed by atoms with Crippen LogP contribution in [-0.4, -0.2) is 17.7 Å². The number of unbranched alkanes of at least 4 members (excludes halogenated alkanes) is 5. The highest BCUT2D eigenvalue weighted by Crippen LogP contribution is 2.17. The summed E-state index contributed by atoms with van der Waals surface area (Å²) in [7, 11) is 0. The normalized spacial score (nSPS) is 10.5. The lowest BCUT2D eigenvalue weighted by molar-refractivity contribution is 0.0697. The molecule has 140 valence electrons. The molecule has 0 radical (unpaired) electrons. The maximum absolute atomic E-state index is 10.8. The minimum absolute atomic E-state index is 0.254. The van der Waals surface area contributed by atoms with Gasteiger partial charge < -0.3 is 14.6 Å². The van der Waals surface area contributed by atoms with E-state index in [1.54, 1.807) is 12.1 Å². The number of rotatable bonds is 12. The van der Waals surface area contributed by atoms with Gasteiger partial charge in [-0.2, -0.15) is 0 Å². The van der Waals surface area contributed by atoms with Gasteiger partial charge in [-0.3, -0.25) is 0 Å². The smallest absolute Gasteiger partial charge is 0.335 e. The van der Waals surface area contributed by atoms with Gasteiger partial charge >= 0.3 is 5.97 Å². The Morgan fingerprint density at radius 3 is 2.04 bits per heavy atom. The van der Waals surface area contributed by atoms with Crippen molar-refractivity contribution in [3.63, 3.8) is 0 Å². The maximum atomic E-state index is 10.8. The number of ether oxygens (including phenoxy) is 2. The lowest BCUT2D eigenvalue weighted by Gasteiger charge is -2.09. The predicted octanol–water partition coefficient (Wildman–Crippen LogP) is 5.70. The second kappa shape index (κ2) is 11.2. The number of benzene rings is 2. The fourth-order valence-corrected chi connectivity index (χ4v) is 2.61. The SMILES string of the molecule is CCCCCCCCOc1ccc(COc2ccc(C(=O)O)cc2)cc1. The molecule has 0 unspecified atom stereocenters. The molecule has 0 aliphatic rings. The number of aromatic carboxylic acids is 1. The minimum Gasteiger partial charge on any atom is -0.494 e. The van der Waals surface area contributed by atoms with Crippen molar-refractivity contribution in [3.8, 4) is 11.5 Å². The third kappa shape index (κ3) is 7.18. The highest BCUT2D eigenvalue weighted by atomic mass is 16.5. The third-order valence-corrected chi connectivity index (χ3v) is 4.20. The Labute approximate surface area is 155 Å². The van der Waals surface area contributed by atoms with E-state index in [2.05, 4.69) is 6.92 Å². The van der Waals surface area contributed by atoms with Crippen molar-refractivity contribution in [1.29, 1.82) is 0 Å². The first-order chi connectivity index (χ1) is 12.7. The average Bonchev–Trinajstić information content (AvgIpc) is 2.67.